The van der Waals surface area contributed by atoms with Crippen LogP contribution in [0.25, 0.3) is 0 Å². The van der Waals surface area contributed by atoms with Crippen LogP contribution in [0.15, 0.2) is 36.4 Å². The Morgan fingerprint density at radius 3 is 2.76 bits per heavy atom. The third-order valence-electron chi connectivity index (χ3n) is 3.66. The van der Waals surface area contributed by atoms with Crippen LogP contribution >= 0.6 is 0 Å². The highest BCUT2D eigenvalue weighted by atomic mass is 16.5. The van der Waals surface area contributed by atoms with Gasteiger partial charge in [0.15, 0.2) is 5.78 Å². The molecule has 0 aliphatic carbocycles. The fourth-order valence-corrected chi connectivity index (χ4v) is 2.57. The van der Waals surface area contributed by atoms with E-state index in [2.05, 4.69) is 0 Å². The molecule has 1 aliphatic heterocycles. The summed E-state index contributed by atoms with van der Waals surface area (Å²) < 4.78 is 11.0. The molecule has 0 saturated heterocycles. The molecular weight excluding hydrogens is 264 g/mol. The lowest BCUT2D eigenvalue weighted by molar-refractivity contribution is 0.103. The van der Waals surface area contributed by atoms with Gasteiger partial charge in [0.2, 0.25) is 0 Å². The number of hydrogen-bond acceptors (Lipinski definition) is 3. The van der Waals surface area contributed by atoms with E-state index >= 15 is 0 Å². The highest BCUT2D eigenvalue weighted by molar-refractivity contribution is 6.11. The molecule has 1 aliphatic rings. The average molecular weight is 282 g/mol. The minimum Gasteiger partial charge on any atom is -0.493 e. The third kappa shape index (κ3) is 2.69. The lowest BCUT2D eigenvalue weighted by atomic mass is 9.97. The number of fused-ring (bicyclic) bond motifs is 1. The Hall–Kier alpha value is -2.13. The second-order valence-corrected chi connectivity index (χ2v) is 5.24. The summed E-state index contributed by atoms with van der Waals surface area (Å²) in [5, 5.41) is 0. The SMILES string of the molecule is CCOc1ccc(C)cc1C(=O)c1ccc2c(c1)COC2. The Morgan fingerprint density at radius 2 is 1.95 bits per heavy atom. The second-order valence-electron chi connectivity index (χ2n) is 5.24. The number of carbonyl (C=O) groups is 1. The molecule has 3 nitrogen and oxygen atoms in total. The van der Waals surface area contributed by atoms with Crippen molar-refractivity contribution in [3.63, 3.8) is 0 Å². The van der Waals surface area contributed by atoms with Gasteiger partial charge < -0.3 is 9.47 Å². The zero-order valence-electron chi connectivity index (χ0n) is 12.3. The second kappa shape index (κ2) is 5.70. The quantitative estimate of drug-likeness (QED) is 0.803. The van der Waals surface area contributed by atoms with E-state index in [0.717, 1.165) is 11.1 Å². The van der Waals surface area contributed by atoms with Crippen molar-refractivity contribution in [3.8, 4) is 5.75 Å². The molecule has 0 saturated carbocycles. The maximum absolute atomic E-state index is 12.8. The minimum atomic E-state index is -0.00292. The van der Waals surface area contributed by atoms with Crippen LogP contribution in [0.3, 0.4) is 0 Å². The summed E-state index contributed by atoms with van der Waals surface area (Å²) in [5.41, 5.74) is 4.63. The van der Waals surface area contributed by atoms with Crippen LogP contribution in [0.2, 0.25) is 0 Å². The molecule has 2 aromatic carbocycles. The average Bonchev–Trinajstić information content (AvgIpc) is 2.96. The first-order valence-corrected chi connectivity index (χ1v) is 7.16. The van der Waals surface area contributed by atoms with Gasteiger partial charge in [-0.05, 0) is 43.2 Å². The molecule has 0 amide bonds. The lowest BCUT2D eigenvalue weighted by Gasteiger charge is -2.11. The summed E-state index contributed by atoms with van der Waals surface area (Å²) in [6, 6.07) is 11.5. The first kappa shape index (κ1) is 13.8. The van der Waals surface area contributed by atoms with Crippen molar-refractivity contribution < 1.29 is 14.3 Å². The van der Waals surface area contributed by atoms with E-state index in [1.165, 1.54) is 5.56 Å². The van der Waals surface area contributed by atoms with Crippen LogP contribution in [-0.4, -0.2) is 12.4 Å². The monoisotopic (exact) mass is 282 g/mol. The molecule has 0 unspecified atom stereocenters. The van der Waals surface area contributed by atoms with Crippen molar-refractivity contribution in [2.75, 3.05) is 6.61 Å². The van der Waals surface area contributed by atoms with Crippen molar-refractivity contribution in [2.24, 2.45) is 0 Å². The van der Waals surface area contributed by atoms with Gasteiger partial charge in [0.25, 0.3) is 0 Å². The standard InChI is InChI=1S/C18H18O3/c1-3-21-17-7-4-12(2)8-16(17)18(19)13-5-6-14-10-20-11-15(14)9-13/h4-9H,3,10-11H2,1-2H3. The first-order valence-electron chi connectivity index (χ1n) is 7.16. The topological polar surface area (TPSA) is 35.5 Å². The van der Waals surface area contributed by atoms with Gasteiger partial charge in [0.1, 0.15) is 5.75 Å². The van der Waals surface area contributed by atoms with Gasteiger partial charge in [0, 0.05) is 5.56 Å². The molecule has 1 heterocycles. The Morgan fingerprint density at radius 1 is 1.14 bits per heavy atom. The molecule has 0 N–H and O–H groups in total. The summed E-state index contributed by atoms with van der Waals surface area (Å²) in [5.74, 6) is 0.640. The third-order valence-corrected chi connectivity index (χ3v) is 3.66. The lowest BCUT2D eigenvalue weighted by Crippen LogP contribution is -2.06. The maximum Gasteiger partial charge on any atom is 0.196 e. The molecule has 0 bridgehead atoms. The van der Waals surface area contributed by atoms with Crippen molar-refractivity contribution in [2.45, 2.75) is 27.1 Å². The van der Waals surface area contributed by atoms with Crippen LogP contribution < -0.4 is 4.74 Å². The number of ketones is 1. The summed E-state index contributed by atoms with van der Waals surface area (Å²) in [7, 11) is 0. The molecule has 3 heteroatoms. The number of carbonyl (C=O) groups excluding carboxylic acids is 1. The minimum absolute atomic E-state index is 0.00292. The van der Waals surface area contributed by atoms with Gasteiger partial charge in [-0.3, -0.25) is 4.79 Å². The van der Waals surface area contributed by atoms with Crippen molar-refractivity contribution >= 4 is 5.78 Å². The van der Waals surface area contributed by atoms with E-state index < -0.39 is 0 Å². The molecule has 2 aromatic rings. The zero-order chi connectivity index (χ0) is 14.8. The predicted molar refractivity (Wildman–Crippen MR) is 80.7 cm³/mol. The molecule has 0 aromatic heterocycles. The van der Waals surface area contributed by atoms with Gasteiger partial charge in [-0.1, -0.05) is 23.8 Å². The number of hydrogen-bond donors (Lipinski definition) is 0. The van der Waals surface area contributed by atoms with Gasteiger partial charge in [-0.15, -0.1) is 0 Å². The molecule has 3 rings (SSSR count). The molecule has 0 fully saturated rings. The fourth-order valence-electron chi connectivity index (χ4n) is 2.57. The normalized spacial score (nSPS) is 13.0. The smallest absolute Gasteiger partial charge is 0.196 e. The van der Waals surface area contributed by atoms with Crippen LogP contribution in [-0.2, 0) is 18.0 Å². The van der Waals surface area contributed by atoms with Gasteiger partial charge in [-0.2, -0.15) is 0 Å². The Labute approximate surface area is 124 Å². The molecule has 0 spiro atoms. The molecular formula is C18H18O3. The molecule has 21 heavy (non-hydrogen) atoms. The number of ether oxygens (including phenoxy) is 2. The molecule has 108 valence electrons. The summed E-state index contributed by atoms with van der Waals surface area (Å²) in [4.78, 5) is 12.8. The Balaban J connectivity index is 2.00. The maximum atomic E-state index is 12.8. The first-order chi connectivity index (χ1) is 10.2. The molecule has 0 radical (unpaired) electrons. The summed E-state index contributed by atoms with van der Waals surface area (Å²) in [6.07, 6.45) is 0. The van der Waals surface area contributed by atoms with E-state index in [1.54, 1.807) is 0 Å². The zero-order valence-corrected chi connectivity index (χ0v) is 12.3. The van der Waals surface area contributed by atoms with E-state index in [-0.39, 0.29) is 5.78 Å². The Kier molecular flexibility index (Phi) is 3.76. The van der Waals surface area contributed by atoms with E-state index in [9.17, 15) is 4.79 Å². The van der Waals surface area contributed by atoms with Crippen molar-refractivity contribution in [1.82, 2.24) is 0 Å². The fraction of sp³-hybridized carbons (Fsp3) is 0.278. The van der Waals surface area contributed by atoms with Crippen LogP contribution in [0.1, 0.15) is 39.5 Å². The van der Waals surface area contributed by atoms with E-state index in [4.69, 9.17) is 9.47 Å². The van der Waals surface area contributed by atoms with Crippen LogP contribution in [0.4, 0.5) is 0 Å². The van der Waals surface area contributed by atoms with Crippen molar-refractivity contribution in [1.29, 1.82) is 0 Å². The summed E-state index contributed by atoms with van der Waals surface area (Å²) in [6.45, 7) is 5.66. The highest BCUT2D eigenvalue weighted by Gasteiger charge is 2.18. The molecule has 0 atom stereocenters. The van der Waals surface area contributed by atoms with Gasteiger partial charge in [0.05, 0.1) is 25.4 Å². The van der Waals surface area contributed by atoms with Gasteiger partial charge in [-0.25, -0.2) is 0 Å². The van der Waals surface area contributed by atoms with E-state index in [1.807, 2.05) is 50.2 Å². The van der Waals surface area contributed by atoms with E-state index in [0.29, 0.717) is 36.7 Å². The van der Waals surface area contributed by atoms with Crippen LogP contribution in [0, 0.1) is 6.92 Å². The predicted octanol–water partition coefficient (Wildman–Crippen LogP) is 3.65. The van der Waals surface area contributed by atoms with Gasteiger partial charge >= 0.3 is 0 Å². The highest BCUT2D eigenvalue weighted by Crippen LogP contribution is 2.26. The summed E-state index contributed by atoms with van der Waals surface area (Å²) >= 11 is 0. The van der Waals surface area contributed by atoms with Crippen LogP contribution in [0.5, 0.6) is 5.75 Å². The van der Waals surface area contributed by atoms with Crippen molar-refractivity contribution in [3.05, 3.63) is 64.2 Å². The largest absolute Gasteiger partial charge is 0.493 e. The number of benzene rings is 2. The number of aryl methyl sites for hydroxylation is 1. The Bertz CT molecular complexity index is 689. The number of rotatable bonds is 4.